The van der Waals surface area contributed by atoms with Gasteiger partial charge in [-0.3, -0.25) is 9.36 Å². The number of carboxylic acids is 1. The molecule has 1 unspecified atom stereocenters. The minimum absolute atomic E-state index is 0.281. The summed E-state index contributed by atoms with van der Waals surface area (Å²) in [4.78, 5) is 22.5. The van der Waals surface area contributed by atoms with Gasteiger partial charge in [0, 0.05) is 11.1 Å². The highest BCUT2D eigenvalue weighted by Crippen LogP contribution is 2.24. The summed E-state index contributed by atoms with van der Waals surface area (Å²) in [5.41, 5.74) is 7.59. The van der Waals surface area contributed by atoms with Gasteiger partial charge < -0.3 is 10.8 Å². The summed E-state index contributed by atoms with van der Waals surface area (Å²) in [5.74, 6) is -1.04. The average Bonchev–Trinajstić information content (AvgIpc) is 2.71. The first kappa shape index (κ1) is 12.4. The molecule has 0 saturated carbocycles. The lowest BCUT2D eigenvalue weighted by molar-refractivity contribution is -0.140. The Morgan fingerprint density at radius 3 is 2.56 bits per heavy atom. The first-order chi connectivity index (χ1) is 8.50. The fourth-order valence-corrected chi connectivity index (χ4v) is 2.49. The van der Waals surface area contributed by atoms with Crippen LogP contribution in [0.4, 0.5) is 5.69 Å². The van der Waals surface area contributed by atoms with Crippen LogP contribution in [0.5, 0.6) is 0 Å². The lowest BCUT2D eigenvalue weighted by atomic mass is 10.1. The molecule has 1 aromatic heterocycles. The number of nitrogens with zero attached hydrogens (tertiary/aromatic N) is 1. The van der Waals surface area contributed by atoms with Crippen molar-refractivity contribution in [2.75, 3.05) is 5.73 Å². The van der Waals surface area contributed by atoms with Crippen LogP contribution >= 0.6 is 11.3 Å². The van der Waals surface area contributed by atoms with Gasteiger partial charge in [0.15, 0.2) is 0 Å². The number of carboxylic acid groups (broad SMARTS) is 1. The van der Waals surface area contributed by atoms with Crippen molar-refractivity contribution >= 4 is 23.0 Å². The summed E-state index contributed by atoms with van der Waals surface area (Å²) in [6, 6.07) is 6.07. The van der Waals surface area contributed by atoms with Gasteiger partial charge in [0.05, 0.1) is 5.69 Å². The van der Waals surface area contributed by atoms with Gasteiger partial charge in [0.2, 0.25) is 0 Å². The molecule has 1 atom stereocenters. The van der Waals surface area contributed by atoms with Crippen LogP contribution in [0.3, 0.4) is 0 Å². The van der Waals surface area contributed by atoms with Crippen LogP contribution in [0, 0.1) is 0 Å². The van der Waals surface area contributed by atoms with E-state index in [1.54, 1.807) is 29.6 Å². The van der Waals surface area contributed by atoms with E-state index in [1.807, 2.05) is 0 Å². The van der Waals surface area contributed by atoms with E-state index in [4.69, 9.17) is 10.8 Å². The molecule has 1 heterocycles. The number of nitrogens with two attached hydrogens (primary N) is 1. The minimum Gasteiger partial charge on any atom is -0.480 e. The second-order valence-corrected chi connectivity index (χ2v) is 4.71. The van der Waals surface area contributed by atoms with Gasteiger partial charge in [-0.1, -0.05) is 23.5 Å². The van der Waals surface area contributed by atoms with Crippen LogP contribution in [0.25, 0.3) is 11.3 Å². The zero-order valence-electron chi connectivity index (χ0n) is 9.66. The summed E-state index contributed by atoms with van der Waals surface area (Å²) < 4.78 is 1.28. The van der Waals surface area contributed by atoms with E-state index in [9.17, 15) is 9.59 Å². The van der Waals surface area contributed by atoms with E-state index in [0.717, 1.165) is 16.9 Å². The van der Waals surface area contributed by atoms with E-state index >= 15 is 0 Å². The summed E-state index contributed by atoms with van der Waals surface area (Å²) in [6.07, 6.45) is 0. The fourth-order valence-electron chi connectivity index (χ4n) is 1.66. The Balaban J connectivity index is 2.56. The molecule has 0 aliphatic carbocycles. The standard InChI is InChI=1S/C12H12N2O3S/c1-7(11(15)16)14-10(6-18-12(14)17)8-2-4-9(13)5-3-8/h2-7H,13H2,1H3,(H,15,16). The van der Waals surface area contributed by atoms with Gasteiger partial charge >= 0.3 is 10.8 Å². The molecular weight excluding hydrogens is 252 g/mol. The lowest BCUT2D eigenvalue weighted by Crippen LogP contribution is -2.24. The number of nitrogen functional groups attached to an aromatic ring is 1. The van der Waals surface area contributed by atoms with Crippen molar-refractivity contribution < 1.29 is 9.90 Å². The highest BCUT2D eigenvalue weighted by atomic mass is 32.1. The van der Waals surface area contributed by atoms with Gasteiger partial charge in [-0.25, -0.2) is 4.79 Å². The number of aliphatic carboxylic acids is 1. The Morgan fingerprint density at radius 2 is 2.00 bits per heavy atom. The smallest absolute Gasteiger partial charge is 0.326 e. The maximum atomic E-state index is 11.7. The zero-order valence-corrected chi connectivity index (χ0v) is 10.5. The van der Waals surface area contributed by atoms with E-state index < -0.39 is 12.0 Å². The molecule has 94 valence electrons. The number of hydrogen-bond donors (Lipinski definition) is 2. The van der Waals surface area contributed by atoms with Gasteiger partial charge in [0.1, 0.15) is 6.04 Å². The molecule has 0 radical (unpaired) electrons. The first-order valence-corrected chi connectivity index (χ1v) is 6.17. The molecule has 5 nitrogen and oxygen atoms in total. The molecule has 2 aromatic rings. The summed E-state index contributed by atoms with van der Waals surface area (Å²) >= 11 is 0.989. The second-order valence-electron chi connectivity index (χ2n) is 3.89. The Kier molecular flexibility index (Phi) is 3.20. The van der Waals surface area contributed by atoms with Gasteiger partial charge in [-0.15, -0.1) is 0 Å². The molecule has 0 fully saturated rings. The van der Waals surface area contributed by atoms with Gasteiger partial charge in [0.25, 0.3) is 0 Å². The molecule has 18 heavy (non-hydrogen) atoms. The normalized spacial score (nSPS) is 12.3. The minimum atomic E-state index is -1.04. The number of thiazole rings is 1. The molecule has 0 amide bonds. The van der Waals surface area contributed by atoms with Gasteiger partial charge in [-0.05, 0) is 24.6 Å². The average molecular weight is 264 g/mol. The van der Waals surface area contributed by atoms with Crippen LogP contribution < -0.4 is 10.6 Å². The van der Waals surface area contributed by atoms with Crippen molar-refractivity contribution in [2.24, 2.45) is 0 Å². The zero-order chi connectivity index (χ0) is 13.3. The number of anilines is 1. The highest BCUT2D eigenvalue weighted by molar-refractivity contribution is 7.07. The number of aromatic nitrogens is 1. The fraction of sp³-hybridized carbons (Fsp3) is 0.167. The van der Waals surface area contributed by atoms with Crippen LogP contribution in [0.1, 0.15) is 13.0 Å². The molecule has 2 rings (SSSR count). The molecule has 0 aliphatic rings. The highest BCUT2D eigenvalue weighted by Gasteiger charge is 2.20. The molecule has 3 N–H and O–H groups in total. The molecular formula is C12H12N2O3S. The van der Waals surface area contributed by atoms with Crippen molar-refractivity contribution in [1.82, 2.24) is 4.57 Å². The summed E-state index contributed by atoms with van der Waals surface area (Å²) in [7, 11) is 0. The second kappa shape index (κ2) is 4.66. The SMILES string of the molecule is CC(C(=O)O)n1c(-c2ccc(N)cc2)csc1=O. The van der Waals surface area contributed by atoms with Crippen molar-refractivity contribution in [1.29, 1.82) is 0 Å². The summed E-state index contributed by atoms with van der Waals surface area (Å²) in [5, 5.41) is 10.7. The Bertz CT molecular complexity index is 628. The topological polar surface area (TPSA) is 85.3 Å². The van der Waals surface area contributed by atoms with Crippen LogP contribution in [0.15, 0.2) is 34.4 Å². The van der Waals surface area contributed by atoms with Crippen molar-refractivity contribution in [3.8, 4) is 11.3 Å². The van der Waals surface area contributed by atoms with Gasteiger partial charge in [-0.2, -0.15) is 0 Å². The third-order valence-corrected chi connectivity index (χ3v) is 3.42. The van der Waals surface area contributed by atoms with Crippen LogP contribution in [-0.2, 0) is 4.79 Å². The molecule has 0 spiro atoms. The van der Waals surface area contributed by atoms with E-state index in [-0.39, 0.29) is 4.87 Å². The summed E-state index contributed by atoms with van der Waals surface area (Å²) in [6.45, 7) is 1.48. The molecule has 0 saturated heterocycles. The van der Waals surface area contributed by atoms with E-state index in [0.29, 0.717) is 11.4 Å². The molecule has 0 bridgehead atoms. The first-order valence-electron chi connectivity index (χ1n) is 5.29. The third kappa shape index (κ3) is 2.14. The predicted molar refractivity (Wildman–Crippen MR) is 70.8 cm³/mol. The van der Waals surface area contributed by atoms with Crippen molar-refractivity contribution in [2.45, 2.75) is 13.0 Å². The van der Waals surface area contributed by atoms with E-state index in [1.165, 1.54) is 11.5 Å². The largest absolute Gasteiger partial charge is 0.480 e. The van der Waals surface area contributed by atoms with Crippen molar-refractivity contribution in [3.05, 3.63) is 39.3 Å². The van der Waals surface area contributed by atoms with Crippen molar-refractivity contribution in [3.63, 3.8) is 0 Å². The quantitative estimate of drug-likeness (QED) is 0.828. The number of carbonyl (C=O) groups is 1. The Morgan fingerprint density at radius 1 is 1.39 bits per heavy atom. The molecule has 0 aliphatic heterocycles. The van der Waals surface area contributed by atoms with Crippen LogP contribution in [-0.4, -0.2) is 15.6 Å². The number of hydrogen-bond acceptors (Lipinski definition) is 4. The van der Waals surface area contributed by atoms with Crippen LogP contribution in [0.2, 0.25) is 0 Å². The lowest BCUT2D eigenvalue weighted by Gasteiger charge is -2.11. The Hall–Kier alpha value is -2.08. The predicted octanol–water partition coefficient (Wildman–Crippen LogP) is 1.80. The maximum absolute atomic E-state index is 11.7. The molecule has 6 heteroatoms. The number of benzene rings is 1. The third-order valence-electron chi connectivity index (χ3n) is 2.68. The Labute approximate surface area is 107 Å². The number of rotatable bonds is 3. The monoisotopic (exact) mass is 264 g/mol. The molecule has 1 aromatic carbocycles. The maximum Gasteiger partial charge on any atom is 0.326 e. The van der Waals surface area contributed by atoms with E-state index in [2.05, 4.69) is 0 Å².